The van der Waals surface area contributed by atoms with Crippen LogP contribution in [0.1, 0.15) is 29.4 Å². The summed E-state index contributed by atoms with van der Waals surface area (Å²) in [7, 11) is 0. The van der Waals surface area contributed by atoms with Crippen LogP contribution in [-0.4, -0.2) is 0 Å². The first-order valence-corrected chi connectivity index (χ1v) is 6.70. The third-order valence-corrected chi connectivity index (χ3v) is 3.53. The van der Waals surface area contributed by atoms with E-state index in [1.165, 1.54) is 11.1 Å². The fourth-order valence-electron chi connectivity index (χ4n) is 2.41. The number of rotatable bonds is 6. The lowest BCUT2D eigenvalue weighted by molar-refractivity contribution is 0.675. The Labute approximate surface area is 116 Å². The van der Waals surface area contributed by atoms with Crippen LogP contribution in [-0.2, 0) is 0 Å². The van der Waals surface area contributed by atoms with Crippen molar-refractivity contribution < 1.29 is 0 Å². The van der Waals surface area contributed by atoms with Crippen molar-refractivity contribution in [2.24, 2.45) is 0 Å². The summed E-state index contributed by atoms with van der Waals surface area (Å²) >= 11 is 0. The Hall–Kier alpha value is -2.08. The van der Waals surface area contributed by atoms with Gasteiger partial charge in [0.05, 0.1) is 0 Å². The van der Waals surface area contributed by atoms with Crippen LogP contribution < -0.4 is 0 Å². The predicted octanol–water partition coefficient (Wildman–Crippen LogP) is 5.32. The second-order valence-electron chi connectivity index (χ2n) is 4.74. The fourth-order valence-corrected chi connectivity index (χ4v) is 2.41. The molecule has 2 aromatic rings. The maximum atomic E-state index is 3.98. The largest absolute Gasteiger partial charge is 0.102 e. The first-order chi connectivity index (χ1) is 9.35. The molecule has 0 amide bonds. The second-order valence-corrected chi connectivity index (χ2v) is 4.74. The number of allylic oxidation sites excluding steroid dienone is 2. The second kappa shape index (κ2) is 6.75. The highest BCUT2D eigenvalue weighted by molar-refractivity contribution is 5.28. The Morgan fingerprint density at radius 2 is 1.05 bits per heavy atom. The molecule has 0 nitrogen and oxygen atoms in total. The van der Waals surface area contributed by atoms with Gasteiger partial charge >= 0.3 is 0 Å². The van der Waals surface area contributed by atoms with Crippen molar-refractivity contribution in [1.82, 2.24) is 0 Å². The molecule has 0 heteroatoms. The maximum Gasteiger partial charge on any atom is 0.00240 e. The molecule has 2 aromatic carbocycles. The van der Waals surface area contributed by atoms with Gasteiger partial charge in [0.25, 0.3) is 0 Å². The third-order valence-electron chi connectivity index (χ3n) is 3.53. The monoisotopic (exact) mass is 248 g/mol. The average molecular weight is 248 g/mol. The molecule has 0 saturated heterocycles. The summed E-state index contributed by atoms with van der Waals surface area (Å²) in [5, 5.41) is 0. The van der Waals surface area contributed by atoms with Gasteiger partial charge in [-0.05, 0) is 17.5 Å². The van der Waals surface area contributed by atoms with Gasteiger partial charge in [-0.2, -0.15) is 0 Å². The maximum absolute atomic E-state index is 3.98. The molecule has 96 valence electrons. The summed E-state index contributed by atoms with van der Waals surface area (Å²) in [5.74, 6) is 0.730. The summed E-state index contributed by atoms with van der Waals surface area (Å²) in [5.41, 5.74) is 2.64. The topological polar surface area (TPSA) is 0 Å². The summed E-state index contributed by atoms with van der Waals surface area (Å²) < 4.78 is 0. The standard InChI is InChI=1S/C19H20/c1-3-16(18-11-7-5-8-12-18)15-17(4-2)19-13-9-6-10-14-19/h3-14,16-17H,1-2,15H2. The van der Waals surface area contributed by atoms with Crippen molar-refractivity contribution >= 4 is 0 Å². The fraction of sp³-hybridized carbons (Fsp3) is 0.158. The molecule has 0 fully saturated rings. The van der Waals surface area contributed by atoms with E-state index in [4.69, 9.17) is 0 Å². The summed E-state index contributed by atoms with van der Waals surface area (Å²) in [6, 6.07) is 21.1. The molecule has 0 saturated carbocycles. The lowest BCUT2D eigenvalue weighted by Crippen LogP contribution is -2.02. The van der Waals surface area contributed by atoms with Crippen molar-refractivity contribution in [3.63, 3.8) is 0 Å². The van der Waals surface area contributed by atoms with E-state index in [-0.39, 0.29) is 0 Å². The molecule has 0 aromatic heterocycles. The number of hydrogen-bond acceptors (Lipinski definition) is 0. The van der Waals surface area contributed by atoms with Crippen LogP contribution in [0.3, 0.4) is 0 Å². The average Bonchev–Trinajstić information content (AvgIpc) is 2.50. The molecule has 0 spiro atoms. The first kappa shape index (κ1) is 13.4. The van der Waals surface area contributed by atoms with Crippen LogP contribution in [0.4, 0.5) is 0 Å². The van der Waals surface area contributed by atoms with Gasteiger partial charge < -0.3 is 0 Å². The highest BCUT2D eigenvalue weighted by atomic mass is 14.2. The van der Waals surface area contributed by atoms with Gasteiger partial charge in [0, 0.05) is 11.8 Å². The lowest BCUT2D eigenvalue weighted by Gasteiger charge is -2.19. The smallest absolute Gasteiger partial charge is 0.00240 e. The molecule has 19 heavy (non-hydrogen) atoms. The van der Waals surface area contributed by atoms with Crippen molar-refractivity contribution in [2.45, 2.75) is 18.3 Å². The predicted molar refractivity (Wildman–Crippen MR) is 83.4 cm³/mol. The number of hydrogen-bond donors (Lipinski definition) is 0. The van der Waals surface area contributed by atoms with Gasteiger partial charge in [0.1, 0.15) is 0 Å². The van der Waals surface area contributed by atoms with E-state index in [1.807, 2.05) is 24.3 Å². The Morgan fingerprint density at radius 3 is 1.37 bits per heavy atom. The molecule has 2 atom stereocenters. The van der Waals surface area contributed by atoms with Gasteiger partial charge in [-0.1, -0.05) is 72.8 Å². The zero-order valence-corrected chi connectivity index (χ0v) is 11.2. The molecule has 2 rings (SSSR count). The SMILES string of the molecule is C=CC(CC(C=C)c1ccccc1)c1ccccc1. The summed E-state index contributed by atoms with van der Waals surface area (Å²) in [4.78, 5) is 0. The highest BCUT2D eigenvalue weighted by Gasteiger charge is 2.14. The Kier molecular flexibility index (Phi) is 4.74. The van der Waals surface area contributed by atoms with E-state index < -0.39 is 0 Å². The molecular weight excluding hydrogens is 228 g/mol. The normalized spacial score (nSPS) is 13.5. The Bertz CT molecular complexity index is 461. The van der Waals surface area contributed by atoms with Gasteiger partial charge in [-0.15, -0.1) is 13.2 Å². The summed E-state index contributed by atoms with van der Waals surface area (Å²) in [6.45, 7) is 7.97. The van der Waals surface area contributed by atoms with Crippen LogP contribution in [0.15, 0.2) is 86.0 Å². The molecular formula is C19H20. The summed E-state index contributed by atoms with van der Waals surface area (Å²) in [6.07, 6.45) is 5.09. The van der Waals surface area contributed by atoms with Crippen LogP contribution in [0.2, 0.25) is 0 Å². The van der Waals surface area contributed by atoms with E-state index >= 15 is 0 Å². The van der Waals surface area contributed by atoms with Gasteiger partial charge in [-0.3, -0.25) is 0 Å². The number of benzene rings is 2. The van der Waals surface area contributed by atoms with E-state index in [9.17, 15) is 0 Å². The van der Waals surface area contributed by atoms with Crippen molar-refractivity contribution in [3.05, 3.63) is 97.1 Å². The quantitative estimate of drug-likeness (QED) is 0.607. The van der Waals surface area contributed by atoms with E-state index in [2.05, 4.69) is 61.7 Å². The molecule has 0 radical (unpaired) electrons. The van der Waals surface area contributed by atoms with E-state index in [0.29, 0.717) is 11.8 Å². The molecule has 0 N–H and O–H groups in total. The van der Waals surface area contributed by atoms with Crippen LogP contribution in [0.25, 0.3) is 0 Å². The van der Waals surface area contributed by atoms with Gasteiger partial charge in [0.15, 0.2) is 0 Å². The van der Waals surface area contributed by atoms with E-state index in [1.54, 1.807) is 0 Å². The molecule has 0 aliphatic rings. The first-order valence-electron chi connectivity index (χ1n) is 6.70. The van der Waals surface area contributed by atoms with Crippen LogP contribution in [0.5, 0.6) is 0 Å². The Balaban J connectivity index is 2.17. The van der Waals surface area contributed by atoms with Gasteiger partial charge in [-0.25, -0.2) is 0 Å². The zero-order chi connectivity index (χ0) is 13.5. The van der Waals surface area contributed by atoms with E-state index in [0.717, 1.165) is 6.42 Å². The molecule has 0 aliphatic carbocycles. The van der Waals surface area contributed by atoms with Gasteiger partial charge in [0.2, 0.25) is 0 Å². The van der Waals surface area contributed by atoms with Crippen LogP contribution in [0, 0.1) is 0 Å². The minimum absolute atomic E-state index is 0.365. The zero-order valence-electron chi connectivity index (χ0n) is 11.2. The minimum atomic E-state index is 0.365. The minimum Gasteiger partial charge on any atom is -0.102 e. The Morgan fingerprint density at radius 1 is 0.684 bits per heavy atom. The van der Waals surface area contributed by atoms with Crippen LogP contribution >= 0.6 is 0 Å². The molecule has 2 unspecified atom stereocenters. The lowest BCUT2D eigenvalue weighted by atomic mass is 9.85. The molecule has 0 heterocycles. The van der Waals surface area contributed by atoms with Crippen molar-refractivity contribution in [2.75, 3.05) is 0 Å². The van der Waals surface area contributed by atoms with Crippen molar-refractivity contribution in [1.29, 1.82) is 0 Å². The molecule has 0 bridgehead atoms. The molecule has 0 aliphatic heterocycles. The third kappa shape index (κ3) is 3.45. The highest BCUT2D eigenvalue weighted by Crippen LogP contribution is 2.31. The van der Waals surface area contributed by atoms with Crippen molar-refractivity contribution in [3.8, 4) is 0 Å².